The summed E-state index contributed by atoms with van der Waals surface area (Å²) in [6.07, 6.45) is 3.20. The van der Waals surface area contributed by atoms with E-state index < -0.39 is 0 Å². The molecular weight excluding hydrogens is 346 g/mol. The van der Waals surface area contributed by atoms with Crippen LogP contribution in [0.3, 0.4) is 0 Å². The highest BCUT2D eigenvalue weighted by Gasteiger charge is 2.32. The zero-order valence-electron chi connectivity index (χ0n) is 12.8. The predicted octanol–water partition coefficient (Wildman–Crippen LogP) is 3.38. The first-order chi connectivity index (χ1) is 11.6. The lowest BCUT2D eigenvalue weighted by Crippen LogP contribution is -2.28. The van der Waals surface area contributed by atoms with Gasteiger partial charge in [-0.15, -0.1) is 17.9 Å². The van der Waals surface area contributed by atoms with Crippen LogP contribution in [0.4, 0.5) is 5.13 Å². The number of halogens is 1. The number of nitrogens with zero attached hydrogens (tertiary/aromatic N) is 1. The van der Waals surface area contributed by atoms with E-state index in [0.717, 1.165) is 23.4 Å². The van der Waals surface area contributed by atoms with Crippen LogP contribution < -0.4 is 10.6 Å². The lowest BCUT2D eigenvalue weighted by Gasteiger charge is -2.09. The van der Waals surface area contributed by atoms with Crippen molar-refractivity contribution in [2.75, 3.05) is 11.9 Å². The SMILES string of the molecule is C=CCNC(=O)C1CCc2sc(NC(=O)c3ccc(Cl)cc3)nc21. The molecule has 1 atom stereocenters. The molecule has 2 amide bonds. The van der Waals surface area contributed by atoms with Crippen LogP contribution in [0.1, 0.15) is 33.3 Å². The largest absolute Gasteiger partial charge is 0.352 e. The normalized spacial score (nSPS) is 15.6. The van der Waals surface area contributed by atoms with Crippen molar-refractivity contribution in [3.05, 3.63) is 58.1 Å². The molecule has 0 saturated carbocycles. The van der Waals surface area contributed by atoms with Gasteiger partial charge in [-0.3, -0.25) is 14.9 Å². The summed E-state index contributed by atoms with van der Waals surface area (Å²) >= 11 is 7.25. The predicted molar refractivity (Wildman–Crippen MR) is 95.8 cm³/mol. The third-order valence-corrected chi connectivity index (χ3v) is 5.08. The van der Waals surface area contributed by atoms with Gasteiger partial charge in [0.05, 0.1) is 11.6 Å². The first-order valence-corrected chi connectivity index (χ1v) is 8.73. The molecule has 2 N–H and O–H groups in total. The van der Waals surface area contributed by atoms with Crippen LogP contribution in [-0.2, 0) is 11.2 Å². The Morgan fingerprint density at radius 1 is 1.38 bits per heavy atom. The van der Waals surface area contributed by atoms with Crippen molar-refractivity contribution >= 4 is 39.9 Å². The molecule has 5 nitrogen and oxygen atoms in total. The van der Waals surface area contributed by atoms with Gasteiger partial charge in [0.25, 0.3) is 5.91 Å². The van der Waals surface area contributed by atoms with E-state index in [1.54, 1.807) is 30.3 Å². The Kier molecular flexibility index (Phi) is 4.97. The number of aromatic nitrogens is 1. The van der Waals surface area contributed by atoms with Crippen molar-refractivity contribution < 1.29 is 9.59 Å². The monoisotopic (exact) mass is 361 g/mol. The summed E-state index contributed by atoms with van der Waals surface area (Å²) in [6, 6.07) is 6.64. The zero-order chi connectivity index (χ0) is 17.1. The molecule has 1 aromatic carbocycles. The third kappa shape index (κ3) is 3.49. The van der Waals surface area contributed by atoms with Crippen molar-refractivity contribution in [1.82, 2.24) is 10.3 Å². The fraction of sp³-hybridized carbons (Fsp3) is 0.235. The molecule has 0 saturated heterocycles. The number of nitrogens with one attached hydrogen (secondary N) is 2. The van der Waals surface area contributed by atoms with Crippen molar-refractivity contribution in [2.24, 2.45) is 0 Å². The number of carbonyl (C=O) groups is 2. The minimum Gasteiger partial charge on any atom is -0.352 e. The molecule has 1 aliphatic carbocycles. The summed E-state index contributed by atoms with van der Waals surface area (Å²) in [4.78, 5) is 29.9. The Bertz CT molecular complexity index is 786. The number of aryl methyl sites for hydroxylation is 1. The number of amides is 2. The topological polar surface area (TPSA) is 71.1 Å². The molecule has 0 radical (unpaired) electrons. The van der Waals surface area contributed by atoms with Crippen LogP contribution in [0.15, 0.2) is 36.9 Å². The first kappa shape index (κ1) is 16.7. The highest BCUT2D eigenvalue weighted by atomic mass is 35.5. The van der Waals surface area contributed by atoms with Gasteiger partial charge in [0, 0.05) is 22.0 Å². The van der Waals surface area contributed by atoms with Gasteiger partial charge in [-0.1, -0.05) is 17.7 Å². The molecule has 7 heteroatoms. The van der Waals surface area contributed by atoms with E-state index in [1.807, 2.05) is 0 Å². The molecule has 1 aliphatic rings. The number of hydrogen-bond acceptors (Lipinski definition) is 4. The summed E-state index contributed by atoms with van der Waals surface area (Å²) in [5, 5.41) is 6.68. The summed E-state index contributed by atoms with van der Waals surface area (Å²) < 4.78 is 0. The lowest BCUT2D eigenvalue weighted by molar-refractivity contribution is -0.122. The maximum atomic E-state index is 12.2. The van der Waals surface area contributed by atoms with Crippen LogP contribution in [0.5, 0.6) is 0 Å². The van der Waals surface area contributed by atoms with E-state index in [1.165, 1.54) is 11.3 Å². The van der Waals surface area contributed by atoms with Crippen molar-refractivity contribution in [3.8, 4) is 0 Å². The Morgan fingerprint density at radius 3 is 2.83 bits per heavy atom. The molecule has 24 heavy (non-hydrogen) atoms. The van der Waals surface area contributed by atoms with Gasteiger partial charge in [0.2, 0.25) is 5.91 Å². The van der Waals surface area contributed by atoms with Gasteiger partial charge >= 0.3 is 0 Å². The van der Waals surface area contributed by atoms with Gasteiger partial charge in [-0.25, -0.2) is 4.98 Å². The van der Waals surface area contributed by atoms with E-state index in [0.29, 0.717) is 22.3 Å². The molecule has 0 bridgehead atoms. The minimum absolute atomic E-state index is 0.0467. The third-order valence-electron chi connectivity index (χ3n) is 3.78. The number of rotatable bonds is 5. The van der Waals surface area contributed by atoms with Crippen molar-refractivity contribution in [3.63, 3.8) is 0 Å². The molecule has 0 aliphatic heterocycles. The molecular formula is C17H16ClN3O2S. The Hall–Kier alpha value is -2.18. The fourth-order valence-electron chi connectivity index (χ4n) is 2.60. The zero-order valence-corrected chi connectivity index (χ0v) is 14.4. The molecule has 2 aromatic rings. The average Bonchev–Trinajstić information content (AvgIpc) is 3.13. The number of carbonyl (C=O) groups excluding carboxylic acids is 2. The quantitative estimate of drug-likeness (QED) is 0.802. The summed E-state index contributed by atoms with van der Waals surface area (Å²) in [5.74, 6) is -0.543. The smallest absolute Gasteiger partial charge is 0.257 e. The molecule has 124 valence electrons. The Balaban J connectivity index is 1.71. The molecule has 3 rings (SSSR count). The second-order valence-corrected chi connectivity index (χ2v) is 6.93. The number of anilines is 1. The number of thiazole rings is 1. The molecule has 0 fully saturated rings. The molecule has 1 heterocycles. The van der Waals surface area contributed by atoms with Gasteiger partial charge in [0.1, 0.15) is 0 Å². The summed E-state index contributed by atoms with van der Waals surface area (Å²) in [6.45, 7) is 4.03. The van der Waals surface area contributed by atoms with Crippen LogP contribution in [0.25, 0.3) is 0 Å². The number of fused-ring (bicyclic) bond motifs is 1. The van der Waals surface area contributed by atoms with E-state index in [9.17, 15) is 9.59 Å². The molecule has 1 aromatic heterocycles. The number of hydrogen-bond donors (Lipinski definition) is 2. The van der Waals surface area contributed by atoms with Crippen LogP contribution in [-0.4, -0.2) is 23.3 Å². The second-order valence-electron chi connectivity index (χ2n) is 5.41. The van der Waals surface area contributed by atoms with Crippen molar-refractivity contribution in [1.29, 1.82) is 0 Å². The van der Waals surface area contributed by atoms with Gasteiger partial charge in [-0.05, 0) is 37.1 Å². The molecule has 1 unspecified atom stereocenters. The maximum Gasteiger partial charge on any atom is 0.257 e. The highest BCUT2D eigenvalue weighted by molar-refractivity contribution is 7.16. The fourth-order valence-corrected chi connectivity index (χ4v) is 3.76. The van der Waals surface area contributed by atoms with Crippen LogP contribution >= 0.6 is 22.9 Å². The summed E-state index contributed by atoms with van der Waals surface area (Å²) in [5.41, 5.74) is 1.28. The number of benzene rings is 1. The minimum atomic E-state index is -0.252. The second kappa shape index (κ2) is 7.15. The maximum absolute atomic E-state index is 12.2. The highest BCUT2D eigenvalue weighted by Crippen LogP contribution is 2.38. The first-order valence-electron chi connectivity index (χ1n) is 7.53. The molecule has 0 spiro atoms. The van der Waals surface area contributed by atoms with E-state index in [-0.39, 0.29) is 17.7 Å². The van der Waals surface area contributed by atoms with Gasteiger partial charge in [0.15, 0.2) is 5.13 Å². The van der Waals surface area contributed by atoms with Crippen molar-refractivity contribution in [2.45, 2.75) is 18.8 Å². The Morgan fingerprint density at radius 2 is 2.12 bits per heavy atom. The average molecular weight is 362 g/mol. The summed E-state index contributed by atoms with van der Waals surface area (Å²) in [7, 11) is 0. The van der Waals surface area contributed by atoms with Gasteiger partial charge < -0.3 is 5.32 Å². The van der Waals surface area contributed by atoms with Crippen LogP contribution in [0, 0.1) is 0 Å². The van der Waals surface area contributed by atoms with Crippen LogP contribution in [0.2, 0.25) is 5.02 Å². The Labute approximate surface area is 148 Å². The van der Waals surface area contributed by atoms with Gasteiger partial charge in [-0.2, -0.15) is 0 Å². The lowest BCUT2D eigenvalue weighted by atomic mass is 10.1. The van der Waals surface area contributed by atoms with E-state index >= 15 is 0 Å². The standard InChI is InChI=1S/C17H16ClN3O2S/c1-2-9-19-16(23)12-7-8-13-14(12)20-17(24-13)21-15(22)10-3-5-11(18)6-4-10/h2-6,12H,1,7-9H2,(H,19,23)(H,20,21,22). The van der Waals surface area contributed by atoms with E-state index in [4.69, 9.17) is 11.6 Å². The van der Waals surface area contributed by atoms with E-state index in [2.05, 4.69) is 22.2 Å².